The Bertz CT molecular complexity index is 824. The second-order valence-corrected chi connectivity index (χ2v) is 8.41. The fraction of sp³-hybridized carbons (Fsp3) is 0.412. The van der Waals surface area contributed by atoms with E-state index >= 15 is 0 Å². The molecule has 1 fully saturated rings. The number of piperidine rings is 1. The predicted octanol–water partition coefficient (Wildman–Crippen LogP) is 3.38. The molecule has 1 saturated heterocycles. The van der Waals surface area contributed by atoms with Crippen LogP contribution in [-0.4, -0.2) is 34.4 Å². The summed E-state index contributed by atoms with van der Waals surface area (Å²) in [7, 11) is 0. The van der Waals surface area contributed by atoms with Gasteiger partial charge in [-0.3, -0.25) is 14.9 Å². The van der Waals surface area contributed by atoms with Gasteiger partial charge in [-0.15, -0.1) is 11.3 Å². The van der Waals surface area contributed by atoms with E-state index in [2.05, 4.69) is 15.6 Å². The summed E-state index contributed by atoms with van der Waals surface area (Å²) in [4.78, 5) is 28.3. The molecule has 138 valence electrons. The third-order valence-electron chi connectivity index (χ3n) is 4.29. The summed E-state index contributed by atoms with van der Waals surface area (Å²) in [6.45, 7) is 4.85. The number of aromatic nitrogens is 1. The van der Waals surface area contributed by atoms with Crippen LogP contribution in [0.15, 0.2) is 32.8 Å². The Kier molecular flexibility index (Phi) is 5.90. The minimum atomic E-state index is -0.454. The largest absolute Gasteiger partial charge is 0.348 e. The van der Waals surface area contributed by atoms with Crippen molar-refractivity contribution in [2.24, 2.45) is 0 Å². The third-order valence-corrected chi connectivity index (χ3v) is 6.41. The first-order chi connectivity index (χ1) is 12.4. The molecule has 2 unspecified atom stereocenters. The first-order valence-corrected chi connectivity index (χ1v) is 10.1. The molecule has 2 N–H and O–H groups in total. The van der Waals surface area contributed by atoms with Crippen LogP contribution >= 0.6 is 23.1 Å². The fourth-order valence-electron chi connectivity index (χ4n) is 2.85. The lowest BCUT2D eigenvalue weighted by molar-refractivity contribution is -0.387. The summed E-state index contributed by atoms with van der Waals surface area (Å²) in [5, 5.41) is 19.7. The summed E-state index contributed by atoms with van der Waals surface area (Å²) in [6.07, 6.45) is 1.90. The summed E-state index contributed by atoms with van der Waals surface area (Å²) < 4.78 is 0.741. The van der Waals surface area contributed by atoms with Gasteiger partial charge in [0.1, 0.15) is 0 Å². The van der Waals surface area contributed by atoms with Crippen LogP contribution in [0, 0.1) is 17.0 Å². The normalized spacial score (nSPS) is 19.9. The second-order valence-electron chi connectivity index (χ2n) is 6.26. The molecule has 1 aliphatic heterocycles. The van der Waals surface area contributed by atoms with Gasteiger partial charge in [-0.05, 0) is 45.4 Å². The standard InChI is InChI=1S/C17H20N4O3S2/c1-10-9-25-17(19-10)26-15-6-5-12(8-14(15)21(23)24)16(22)20-13-4-3-7-18-11(13)2/h5-6,8-9,11,13,18H,3-4,7H2,1-2H3,(H,20,22). The Morgan fingerprint density at radius 1 is 1.50 bits per heavy atom. The highest BCUT2D eigenvalue weighted by atomic mass is 32.2. The summed E-state index contributed by atoms with van der Waals surface area (Å²) in [5.74, 6) is -0.282. The number of nitrogens with zero attached hydrogens (tertiary/aromatic N) is 2. The predicted molar refractivity (Wildman–Crippen MR) is 102 cm³/mol. The third kappa shape index (κ3) is 4.40. The van der Waals surface area contributed by atoms with Crippen molar-refractivity contribution in [2.45, 2.75) is 48.0 Å². The molecule has 26 heavy (non-hydrogen) atoms. The van der Waals surface area contributed by atoms with E-state index in [0.29, 0.717) is 10.5 Å². The Morgan fingerprint density at radius 3 is 2.96 bits per heavy atom. The van der Waals surface area contributed by atoms with Crippen molar-refractivity contribution in [2.75, 3.05) is 6.54 Å². The molecule has 2 atom stereocenters. The quantitative estimate of drug-likeness (QED) is 0.598. The number of carbonyl (C=O) groups is 1. The number of nitrogens with one attached hydrogen (secondary N) is 2. The molecule has 0 aliphatic carbocycles. The molecule has 3 rings (SSSR count). The van der Waals surface area contributed by atoms with Gasteiger partial charge < -0.3 is 10.6 Å². The maximum absolute atomic E-state index is 12.5. The topological polar surface area (TPSA) is 97.2 Å². The van der Waals surface area contributed by atoms with Crippen LogP contribution in [0.1, 0.15) is 35.8 Å². The number of hydrogen-bond acceptors (Lipinski definition) is 7. The zero-order chi connectivity index (χ0) is 18.7. The van der Waals surface area contributed by atoms with Gasteiger partial charge in [0.05, 0.1) is 9.82 Å². The number of nitro benzene ring substituents is 1. The molecule has 7 nitrogen and oxygen atoms in total. The summed E-state index contributed by atoms with van der Waals surface area (Å²) in [6, 6.07) is 4.82. The first kappa shape index (κ1) is 18.8. The van der Waals surface area contributed by atoms with Crippen LogP contribution in [0.5, 0.6) is 0 Å². The molecule has 1 amide bonds. The number of thiazole rings is 1. The Hall–Kier alpha value is -1.97. The van der Waals surface area contributed by atoms with Crippen LogP contribution in [0.2, 0.25) is 0 Å². The van der Waals surface area contributed by atoms with Crippen molar-refractivity contribution in [1.29, 1.82) is 0 Å². The minimum Gasteiger partial charge on any atom is -0.348 e. The SMILES string of the molecule is Cc1csc(Sc2ccc(C(=O)NC3CCCNC3C)cc2[N+](=O)[O-])n1. The van der Waals surface area contributed by atoms with Gasteiger partial charge in [-0.25, -0.2) is 4.98 Å². The Balaban J connectivity index is 1.79. The second kappa shape index (κ2) is 8.15. The molecule has 1 aromatic carbocycles. The Labute approximate surface area is 159 Å². The van der Waals surface area contributed by atoms with E-state index in [1.54, 1.807) is 12.1 Å². The fourth-order valence-corrected chi connectivity index (χ4v) is 4.73. The molecule has 0 saturated carbocycles. The van der Waals surface area contributed by atoms with Crippen LogP contribution in [0.3, 0.4) is 0 Å². The smallest absolute Gasteiger partial charge is 0.284 e. The van der Waals surface area contributed by atoms with Gasteiger partial charge in [0.2, 0.25) is 0 Å². The van der Waals surface area contributed by atoms with Crippen molar-refractivity contribution in [3.05, 3.63) is 45.0 Å². The van der Waals surface area contributed by atoms with Crippen molar-refractivity contribution >= 4 is 34.7 Å². The molecule has 9 heteroatoms. The Morgan fingerprint density at radius 2 is 2.31 bits per heavy atom. The van der Waals surface area contributed by atoms with E-state index in [0.717, 1.165) is 29.4 Å². The van der Waals surface area contributed by atoms with E-state index < -0.39 is 4.92 Å². The van der Waals surface area contributed by atoms with Gasteiger partial charge >= 0.3 is 0 Å². The number of nitro groups is 1. The molecule has 1 aliphatic rings. The lowest BCUT2D eigenvalue weighted by Gasteiger charge is -2.30. The van der Waals surface area contributed by atoms with Gasteiger partial charge in [0.25, 0.3) is 11.6 Å². The molecule has 2 heterocycles. The number of carbonyl (C=O) groups excluding carboxylic acids is 1. The van der Waals surface area contributed by atoms with Gasteiger partial charge in [-0.2, -0.15) is 0 Å². The maximum Gasteiger partial charge on any atom is 0.284 e. The first-order valence-electron chi connectivity index (χ1n) is 8.36. The highest BCUT2D eigenvalue weighted by Gasteiger charge is 2.24. The van der Waals surface area contributed by atoms with Crippen molar-refractivity contribution in [3.8, 4) is 0 Å². The van der Waals surface area contributed by atoms with E-state index in [1.165, 1.54) is 29.2 Å². The highest BCUT2D eigenvalue weighted by molar-refractivity contribution is 8.01. The molecule has 0 radical (unpaired) electrons. The zero-order valence-corrected chi connectivity index (χ0v) is 16.2. The molecule has 0 bridgehead atoms. The minimum absolute atomic E-state index is 0.0302. The van der Waals surface area contributed by atoms with E-state index in [4.69, 9.17) is 0 Å². The van der Waals surface area contributed by atoms with Crippen LogP contribution in [-0.2, 0) is 0 Å². The van der Waals surface area contributed by atoms with Crippen molar-refractivity contribution in [3.63, 3.8) is 0 Å². The van der Waals surface area contributed by atoms with Crippen molar-refractivity contribution in [1.82, 2.24) is 15.6 Å². The number of benzene rings is 1. The van der Waals surface area contributed by atoms with Gasteiger partial charge in [0.15, 0.2) is 4.34 Å². The van der Waals surface area contributed by atoms with E-state index in [1.807, 2.05) is 19.2 Å². The average Bonchev–Trinajstić information content (AvgIpc) is 3.02. The number of aryl methyl sites for hydroxylation is 1. The van der Waals surface area contributed by atoms with Crippen LogP contribution < -0.4 is 10.6 Å². The molecule has 2 aromatic rings. The summed E-state index contributed by atoms with van der Waals surface area (Å²) in [5.41, 5.74) is 1.10. The van der Waals surface area contributed by atoms with Gasteiger partial charge in [-0.1, -0.05) is 11.8 Å². The van der Waals surface area contributed by atoms with Crippen LogP contribution in [0.25, 0.3) is 0 Å². The van der Waals surface area contributed by atoms with Crippen LogP contribution in [0.4, 0.5) is 5.69 Å². The monoisotopic (exact) mass is 392 g/mol. The molecular formula is C17H20N4O3S2. The maximum atomic E-state index is 12.5. The average molecular weight is 393 g/mol. The van der Waals surface area contributed by atoms with E-state index in [-0.39, 0.29) is 23.7 Å². The lowest BCUT2D eigenvalue weighted by Crippen LogP contribution is -2.51. The van der Waals surface area contributed by atoms with Gasteiger partial charge in [0, 0.05) is 34.8 Å². The molecule has 1 aromatic heterocycles. The van der Waals surface area contributed by atoms with E-state index in [9.17, 15) is 14.9 Å². The lowest BCUT2D eigenvalue weighted by atomic mass is 9.99. The number of hydrogen-bond donors (Lipinski definition) is 2. The van der Waals surface area contributed by atoms with Crippen molar-refractivity contribution < 1.29 is 9.72 Å². The summed E-state index contributed by atoms with van der Waals surface area (Å²) >= 11 is 2.69. The number of rotatable bonds is 5. The molecular weight excluding hydrogens is 372 g/mol. The molecule has 0 spiro atoms. The number of amides is 1. The highest BCUT2D eigenvalue weighted by Crippen LogP contribution is 2.36. The zero-order valence-electron chi connectivity index (χ0n) is 14.5.